The Hall–Kier alpha value is -2.47. The van der Waals surface area contributed by atoms with E-state index in [0.717, 1.165) is 0 Å². The fourth-order valence-corrected chi connectivity index (χ4v) is 5.46. The van der Waals surface area contributed by atoms with E-state index in [1.807, 2.05) is 0 Å². The minimum Gasteiger partial charge on any atom is -0.446 e. The zero-order chi connectivity index (χ0) is 26.1. The van der Waals surface area contributed by atoms with E-state index in [4.69, 9.17) is 4.74 Å². The summed E-state index contributed by atoms with van der Waals surface area (Å²) in [6, 6.07) is -3.00. The Balaban J connectivity index is 2.59. The van der Waals surface area contributed by atoms with Crippen LogP contribution in [0.5, 0.6) is 0 Å². The minimum absolute atomic E-state index is 0.0596. The lowest BCUT2D eigenvalue weighted by molar-refractivity contribution is -0.157. The number of hydrogen-bond donors (Lipinski definition) is 4. The molecule has 0 unspecified atom stereocenters. The zero-order valence-corrected chi connectivity index (χ0v) is 22.2. The van der Waals surface area contributed by atoms with Crippen molar-refractivity contribution < 1.29 is 28.7 Å². The van der Waals surface area contributed by atoms with Crippen LogP contribution in [0.1, 0.15) is 41.0 Å². The van der Waals surface area contributed by atoms with Gasteiger partial charge in [-0.25, -0.2) is 4.79 Å². The van der Waals surface area contributed by atoms with Crippen molar-refractivity contribution in [1.29, 1.82) is 0 Å². The van der Waals surface area contributed by atoms with Gasteiger partial charge in [-0.1, -0.05) is 61.4 Å². The van der Waals surface area contributed by atoms with Gasteiger partial charge in [-0.15, -0.1) is 0 Å². The van der Waals surface area contributed by atoms with E-state index >= 15 is 0 Å². The third-order valence-corrected chi connectivity index (χ3v) is 7.82. The maximum Gasteiger partial charge on any atom is 0.330 e. The summed E-state index contributed by atoms with van der Waals surface area (Å²) >= 11 is 0. The molecule has 1 saturated heterocycles. The Bertz CT molecular complexity index is 889. The van der Waals surface area contributed by atoms with Gasteiger partial charge in [0.2, 0.25) is 11.8 Å². The van der Waals surface area contributed by atoms with E-state index in [0.29, 0.717) is 12.2 Å². The number of nitrogens with one attached hydrogen (secondary N) is 4. The van der Waals surface area contributed by atoms with Crippen molar-refractivity contribution in [3.8, 4) is 0 Å². The average molecular weight is 527 g/mol. The SMILES string of the molecule is C/C=C1\NC(=O)[C@H]2CSSCC/C=C\[C@@H](OC(=O)[C@H](C(C)C)NC1=O)C(=O)N[C@H](C(C)C)C(=O)N2. The lowest BCUT2D eigenvalue weighted by Crippen LogP contribution is -2.57. The summed E-state index contributed by atoms with van der Waals surface area (Å²) in [6.07, 6.45) is 3.95. The predicted octanol–water partition coefficient (Wildman–Crippen LogP) is 1.04. The van der Waals surface area contributed by atoms with E-state index < -0.39 is 53.8 Å². The Kier molecular flexibility index (Phi) is 11.2. The van der Waals surface area contributed by atoms with Crippen LogP contribution in [-0.4, -0.2) is 65.3 Å². The number of allylic oxidation sites excluding steroid dienone is 2. The average Bonchev–Trinajstić information content (AvgIpc) is 2.79. The highest BCUT2D eigenvalue weighted by Gasteiger charge is 2.35. The Morgan fingerprint density at radius 1 is 0.914 bits per heavy atom. The van der Waals surface area contributed by atoms with Crippen LogP contribution in [0.4, 0.5) is 0 Å². The molecule has 0 aromatic carbocycles. The lowest BCUT2D eigenvalue weighted by Gasteiger charge is -2.26. The second kappa shape index (κ2) is 13.6. The zero-order valence-electron chi connectivity index (χ0n) is 20.6. The molecule has 2 rings (SSSR count). The van der Waals surface area contributed by atoms with Gasteiger partial charge in [-0.2, -0.15) is 0 Å². The monoisotopic (exact) mass is 526 g/mol. The van der Waals surface area contributed by atoms with Crippen LogP contribution in [0.25, 0.3) is 0 Å². The first-order chi connectivity index (χ1) is 16.5. The molecule has 194 valence electrons. The van der Waals surface area contributed by atoms with Crippen LogP contribution in [-0.2, 0) is 28.7 Å². The van der Waals surface area contributed by atoms with Crippen LogP contribution < -0.4 is 21.3 Å². The van der Waals surface area contributed by atoms with Crippen molar-refractivity contribution in [1.82, 2.24) is 21.3 Å². The van der Waals surface area contributed by atoms with Gasteiger partial charge in [0, 0.05) is 11.5 Å². The molecule has 1 fully saturated rings. The van der Waals surface area contributed by atoms with Crippen LogP contribution in [0.3, 0.4) is 0 Å². The summed E-state index contributed by atoms with van der Waals surface area (Å²) in [5, 5.41) is 10.5. The molecule has 0 radical (unpaired) electrons. The van der Waals surface area contributed by atoms with E-state index in [1.54, 1.807) is 40.7 Å². The predicted molar refractivity (Wildman–Crippen MR) is 136 cm³/mol. The number of rotatable bonds is 2. The number of amides is 4. The standard InChI is InChI=1S/C23H34N4O6S2/c1-6-14-19(28)27-18(13(4)5)23(32)33-16-9-7-8-10-34-35-11-15(20(29)24-14)25-22(31)17(12(2)3)26-21(16)30/h6-7,9,12-13,15-18H,8,10-11H2,1-5H3,(H,24,29)(H,25,31)(H,26,30)(H,27,28)/b9-7-,14-6-/t15-,16-,17-,18+/m1/s1. The topological polar surface area (TPSA) is 143 Å². The van der Waals surface area contributed by atoms with Crippen LogP contribution in [0.15, 0.2) is 23.9 Å². The molecule has 0 aromatic rings. The molecular formula is C23H34N4O6S2. The molecular weight excluding hydrogens is 492 g/mol. The summed E-state index contributed by atoms with van der Waals surface area (Å²) in [6.45, 7) is 8.54. The highest BCUT2D eigenvalue weighted by Crippen LogP contribution is 2.24. The van der Waals surface area contributed by atoms with Crippen LogP contribution in [0, 0.1) is 11.8 Å². The van der Waals surface area contributed by atoms with Gasteiger partial charge in [-0.05, 0) is 31.3 Å². The van der Waals surface area contributed by atoms with Crippen molar-refractivity contribution in [2.75, 3.05) is 11.5 Å². The highest BCUT2D eigenvalue weighted by molar-refractivity contribution is 8.76. The molecule has 0 saturated carbocycles. The molecule has 12 heteroatoms. The van der Waals surface area contributed by atoms with E-state index in [9.17, 15) is 24.0 Å². The fourth-order valence-electron chi connectivity index (χ4n) is 3.30. The normalized spacial score (nSPS) is 29.8. The smallest absolute Gasteiger partial charge is 0.330 e. The van der Waals surface area contributed by atoms with Crippen molar-refractivity contribution in [2.24, 2.45) is 11.8 Å². The maximum atomic E-state index is 13.1. The molecule has 0 aliphatic carbocycles. The van der Waals surface area contributed by atoms with Crippen LogP contribution in [0.2, 0.25) is 0 Å². The molecule has 2 aliphatic heterocycles. The van der Waals surface area contributed by atoms with Crippen molar-refractivity contribution >= 4 is 51.2 Å². The molecule has 4 amide bonds. The van der Waals surface area contributed by atoms with Crippen molar-refractivity contribution in [3.05, 3.63) is 23.9 Å². The number of ether oxygens (including phenoxy) is 1. The van der Waals surface area contributed by atoms with E-state index in [1.165, 1.54) is 33.7 Å². The third kappa shape index (κ3) is 8.31. The molecule has 0 aromatic heterocycles. The number of hydrogen-bond acceptors (Lipinski definition) is 8. The largest absolute Gasteiger partial charge is 0.446 e. The van der Waals surface area contributed by atoms with E-state index in [-0.39, 0.29) is 23.3 Å². The Morgan fingerprint density at radius 2 is 1.60 bits per heavy atom. The van der Waals surface area contributed by atoms with Crippen molar-refractivity contribution in [3.63, 3.8) is 0 Å². The number of carbonyl (C=O) groups is 5. The van der Waals surface area contributed by atoms with Gasteiger partial charge < -0.3 is 26.0 Å². The summed E-state index contributed by atoms with van der Waals surface area (Å²) < 4.78 is 5.53. The summed E-state index contributed by atoms with van der Waals surface area (Å²) in [5.41, 5.74) is -0.0596. The van der Waals surface area contributed by atoms with Gasteiger partial charge in [0.25, 0.3) is 11.8 Å². The molecule has 2 aliphatic rings. The third-order valence-electron chi connectivity index (χ3n) is 5.38. The Morgan fingerprint density at radius 3 is 2.23 bits per heavy atom. The van der Waals surface area contributed by atoms with Gasteiger partial charge in [0.05, 0.1) is 0 Å². The molecule has 2 heterocycles. The molecule has 2 bridgehead atoms. The van der Waals surface area contributed by atoms with Gasteiger partial charge in [0.15, 0.2) is 6.10 Å². The summed E-state index contributed by atoms with van der Waals surface area (Å²) in [5.74, 6) is -3.02. The first-order valence-electron chi connectivity index (χ1n) is 11.6. The maximum absolute atomic E-state index is 13.1. The molecule has 4 N–H and O–H groups in total. The summed E-state index contributed by atoms with van der Waals surface area (Å²) in [4.78, 5) is 65.3. The lowest BCUT2D eigenvalue weighted by atomic mass is 10.0. The summed E-state index contributed by atoms with van der Waals surface area (Å²) in [7, 11) is 2.92. The fraction of sp³-hybridized carbons (Fsp3) is 0.609. The second-order valence-electron chi connectivity index (χ2n) is 8.86. The molecule has 0 spiro atoms. The molecule has 10 nitrogen and oxygen atoms in total. The minimum atomic E-state index is -1.29. The molecule has 4 atom stereocenters. The Labute approximate surface area is 213 Å². The molecule has 35 heavy (non-hydrogen) atoms. The number of esters is 1. The van der Waals surface area contributed by atoms with Gasteiger partial charge in [0.1, 0.15) is 23.8 Å². The first kappa shape index (κ1) is 28.8. The number of fused-ring (bicyclic) bond motifs is 6. The first-order valence-corrected chi connectivity index (χ1v) is 14.0. The van der Waals surface area contributed by atoms with E-state index in [2.05, 4.69) is 21.3 Å². The second-order valence-corrected chi connectivity index (χ2v) is 11.5. The highest BCUT2D eigenvalue weighted by atomic mass is 33.1. The number of carbonyl (C=O) groups excluding carboxylic acids is 5. The van der Waals surface area contributed by atoms with Gasteiger partial charge in [-0.3, -0.25) is 19.2 Å². The van der Waals surface area contributed by atoms with Gasteiger partial charge >= 0.3 is 5.97 Å². The van der Waals surface area contributed by atoms with Crippen LogP contribution >= 0.6 is 21.6 Å². The van der Waals surface area contributed by atoms with Crippen molar-refractivity contribution in [2.45, 2.75) is 65.3 Å². The quantitative estimate of drug-likeness (QED) is 0.181.